The summed E-state index contributed by atoms with van der Waals surface area (Å²) >= 11 is 0. The number of nitrogens with one attached hydrogen (secondary N) is 1. The molecule has 1 rings (SSSR count). The number of ether oxygens (including phenoxy) is 2. The zero-order valence-corrected chi connectivity index (χ0v) is 12.3. The van der Waals surface area contributed by atoms with Crippen LogP contribution in [0.3, 0.4) is 0 Å². The van der Waals surface area contributed by atoms with E-state index in [0.717, 1.165) is 0 Å². The van der Waals surface area contributed by atoms with E-state index >= 15 is 0 Å². The molecule has 3 atom stereocenters. The van der Waals surface area contributed by atoms with E-state index in [4.69, 9.17) is 9.47 Å². The third-order valence-corrected chi connectivity index (χ3v) is 3.09. The van der Waals surface area contributed by atoms with Gasteiger partial charge in [-0.3, -0.25) is 4.79 Å². The topological polar surface area (TPSA) is 84.9 Å². The summed E-state index contributed by atoms with van der Waals surface area (Å²) in [5.74, 6) is -0.245. The van der Waals surface area contributed by atoms with E-state index in [9.17, 15) is 14.7 Å². The summed E-state index contributed by atoms with van der Waals surface area (Å²) in [5, 5.41) is 12.4. The molecule has 1 fully saturated rings. The second-order valence-electron chi connectivity index (χ2n) is 6.46. The Bertz CT molecular complexity index is 372. The van der Waals surface area contributed by atoms with E-state index in [-0.39, 0.29) is 5.78 Å². The van der Waals surface area contributed by atoms with Gasteiger partial charge < -0.3 is 19.9 Å². The lowest BCUT2D eigenvalue weighted by molar-refractivity contribution is -0.147. The molecule has 6 nitrogen and oxygen atoms in total. The first-order valence-corrected chi connectivity index (χ1v) is 6.28. The van der Waals surface area contributed by atoms with E-state index in [1.54, 1.807) is 34.6 Å². The van der Waals surface area contributed by atoms with Crippen LogP contribution in [0.25, 0.3) is 0 Å². The van der Waals surface area contributed by atoms with Crippen LogP contribution >= 0.6 is 0 Å². The SMILES string of the molecule is CC(=O)C1OC(O)C(C)(C)[C@H]1NC(=O)OC(C)(C)C. The van der Waals surface area contributed by atoms with Gasteiger partial charge in [0, 0.05) is 5.41 Å². The van der Waals surface area contributed by atoms with E-state index in [1.165, 1.54) is 6.92 Å². The van der Waals surface area contributed by atoms with Crippen LogP contribution in [-0.2, 0) is 14.3 Å². The van der Waals surface area contributed by atoms with Gasteiger partial charge in [0.05, 0.1) is 6.04 Å². The van der Waals surface area contributed by atoms with Gasteiger partial charge in [-0.2, -0.15) is 0 Å². The minimum absolute atomic E-state index is 0.245. The number of hydrogen-bond donors (Lipinski definition) is 2. The first-order chi connectivity index (χ1) is 8.45. The van der Waals surface area contributed by atoms with Crippen LogP contribution in [-0.4, -0.2) is 41.0 Å². The van der Waals surface area contributed by atoms with Crippen LogP contribution < -0.4 is 5.32 Å². The molecule has 2 unspecified atom stereocenters. The van der Waals surface area contributed by atoms with Crippen LogP contribution in [0.15, 0.2) is 0 Å². The highest BCUT2D eigenvalue weighted by atomic mass is 16.6. The van der Waals surface area contributed by atoms with Crippen molar-refractivity contribution in [3.63, 3.8) is 0 Å². The number of carbonyl (C=O) groups is 2. The summed E-state index contributed by atoms with van der Waals surface area (Å²) in [6.07, 6.45) is -2.60. The molecule has 19 heavy (non-hydrogen) atoms. The molecule has 1 aliphatic rings. The predicted molar refractivity (Wildman–Crippen MR) is 68.5 cm³/mol. The Labute approximate surface area is 113 Å². The van der Waals surface area contributed by atoms with Crippen molar-refractivity contribution in [2.45, 2.75) is 65.6 Å². The molecule has 0 aromatic heterocycles. The predicted octanol–water partition coefficient (Wildman–Crippen LogP) is 1.21. The third-order valence-electron chi connectivity index (χ3n) is 3.09. The Morgan fingerprint density at radius 2 is 1.84 bits per heavy atom. The summed E-state index contributed by atoms with van der Waals surface area (Å²) in [6, 6.07) is -0.630. The van der Waals surface area contributed by atoms with Crippen molar-refractivity contribution < 1.29 is 24.2 Å². The van der Waals surface area contributed by atoms with Crippen molar-refractivity contribution in [1.82, 2.24) is 5.32 Å². The van der Waals surface area contributed by atoms with E-state index in [0.29, 0.717) is 0 Å². The van der Waals surface area contributed by atoms with Crippen LogP contribution in [0.1, 0.15) is 41.5 Å². The van der Waals surface area contributed by atoms with Gasteiger partial charge in [-0.1, -0.05) is 13.8 Å². The summed E-state index contributed by atoms with van der Waals surface area (Å²) in [6.45, 7) is 10.1. The lowest BCUT2D eigenvalue weighted by Crippen LogP contribution is -2.52. The number of rotatable bonds is 2. The molecule has 6 heteroatoms. The Hall–Kier alpha value is -1.14. The molecule has 0 saturated carbocycles. The van der Waals surface area contributed by atoms with E-state index in [2.05, 4.69) is 5.32 Å². The first-order valence-electron chi connectivity index (χ1n) is 6.28. The maximum atomic E-state index is 11.8. The summed E-state index contributed by atoms with van der Waals surface area (Å²) in [7, 11) is 0. The van der Waals surface area contributed by atoms with Crippen LogP contribution in [0.2, 0.25) is 0 Å². The van der Waals surface area contributed by atoms with E-state index in [1.807, 2.05) is 0 Å². The molecule has 0 radical (unpaired) electrons. The maximum Gasteiger partial charge on any atom is 0.407 e. The lowest BCUT2D eigenvalue weighted by atomic mass is 9.82. The highest BCUT2D eigenvalue weighted by Gasteiger charge is 2.52. The van der Waals surface area contributed by atoms with Crippen LogP contribution in [0.5, 0.6) is 0 Å². The first kappa shape index (κ1) is 15.9. The summed E-state index contributed by atoms with van der Waals surface area (Å²) in [4.78, 5) is 23.3. The Balaban J connectivity index is 2.83. The van der Waals surface area contributed by atoms with Gasteiger partial charge in [-0.25, -0.2) is 4.79 Å². The van der Waals surface area contributed by atoms with Gasteiger partial charge >= 0.3 is 6.09 Å². The fraction of sp³-hybridized carbons (Fsp3) is 0.846. The molecule has 110 valence electrons. The van der Waals surface area contributed by atoms with Crippen molar-refractivity contribution in [3.05, 3.63) is 0 Å². The fourth-order valence-corrected chi connectivity index (χ4v) is 1.96. The Morgan fingerprint density at radius 1 is 1.32 bits per heavy atom. The average molecular weight is 273 g/mol. The molecule has 2 N–H and O–H groups in total. The molecule has 0 aromatic carbocycles. The second kappa shape index (κ2) is 5.09. The molecule has 1 aliphatic heterocycles. The number of alkyl carbamates (subject to hydrolysis) is 1. The van der Waals surface area contributed by atoms with Gasteiger partial charge in [0.15, 0.2) is 12.1 Å². The smallest absolute Gasteiger partial charge is 0.407 e. The minimum Gasteiger partial charge on any atom is -0.444 e. The third kappa shape index (κ3) is 3.67. The number of aliphatic hydroxyl groups is 1. The molecular formula is C13H23NO5. The average Bonchev–Trinajstić information content (AvgIpc) is 2.39. The second-order valence-corrected chi connectivity index (χ2v) is 6.46. The number of amides is 1. The standard InChI is InChI=1S/C13H23NO5/c1-7(15)8-9(13(5,6)10(16)18-8)14-11(17)19-12(2,3)4/h8-10,16H,1-6H3,(H,14,17)/t8?,9-,10?/m0/s1. The minimum atomic E-state index is -1.11. The molecular weight excluding hydrogens is 250 g/mol. The van der Waals surface area contributed by atoms with Crippen molar-refractivity contribution in [1.29, 1.82) is 0 Å². The van der Waals surface area contributed by atoms with Crippen molar-refractivity contribution in [2.24, 2.45) is 5.41 Å². The lowest BCUT2D eigenvalue weighted by Gasteiger charge is -2.30. The molecule has 1 saturated heterocycles. The zero-order valence-electron chi connectivity index (χ0n) is 12.3. The number of carbonyl (C=O) groups excluding carboxylic acids is 2. The normalized spacial score (nSPS) is 29.9. The zero-order chi connectivity index (χ0) is 15.0. The Kier molecular flexibility index (Phi) is 4.27. The van der Waals surface area contributed by atoms with Crippen LogP contribution in [0.4, 0.5) is 4.79 Å². The number of ketones is 1. The molecule has 0 spiro atoms. The monoisotopic (exact) mass is 273 g/mol. The quantitative estimate of drug-likeness (QED) is 0.790. The fourth-order valence-electron chi connectivity index (χ4n) is 1.96. The van der Waals surface area contributed by atoms with Crippen molar-refractivity contribution >= 4 is 11.9 Å². The van der Waals surface area contributed by atoms with Crippen molar-refractivity contribution in [3.8, 4) is 0 Å². The molecule has 0 aliphatic carbocycles. The van der Waals surface area contributed by atoms with E-state index < -0.39 is 35.5 Å². The number of Topliss-reactive ketones (excluding diaryl/α,β-unsaturated/α-hetero) is 1. The highest BCUT2D eigenvalue weighted by Crippen LogP contribution is 2.37. The van der Waals surface area contributed by atoms with Crippen LogP contribution in [0, 0.1) is 5.41 Å². The van der Waals surface area contributed by atoms with Gasteiger partial charge in [-0.15, -0.1) is 0 Å². The molecule has 0 bridgehead atoms. The maximum absolute atomic E-state index is 11.8. The summed E-state index contributed by atoms with van der Waals surface area (Å²) in [5.41, 5.74) is -1.40. The molecule has 1 amide bonds. The number of hydrogen-bond acceptors (Lipinski definition) is 5. The molecule has 0 aromatic rings. The van der Waals surface area contributed by atoms with Gasteiger partial charge in [-0.05, 0) is 27.7 Å². The van der Waals surface area contributed by atoms with Gasteiger partial charge in [0.25, 0.3) is 0 Å². The molecule has 1 heterocycles. The largest absolute Gasteiger partial charge is 0.444 e. The Morgan fingerprint density at radius 3 is 2.26 bits per heavy atom. The highest BCUT2D eigenvalue weighted by molar-refractivity contribution is 5.83. The summed E-state index contributed by atoms with van der Waals surface area (Å²) < 4.78 is 10.4. The van der Waals surface area contributed by atoms with Gasteiger partial charge in [0.1, 0.15) is 11.7 Å². The number of aliphatic hydroxyl groups excluding tert-OH is 1. The van der Waals surface area contributed by atoms with Crippen molar-refractivity contribution in [2.75, 3.05) is 0 Å². The van der Waals surface area contributed by atoms with Gasteiger partial charge in [0.2, 0.25) is 0 Å².